The lowest BCUT2D eigenvalue weighted by atomic mass is 9.95. The normalized spacial score (nSPS) is 15.8. The maximum absolute atomic E-state index is 13.6. The number of nitrogens with one attached hydrogen (secondary N) is 2. The molecule has 20 heteroatoms. The molecule has 9 nitrogen and oxygen atoms in total. The lowest BCUT2D eigenvalue weighted by Crippen LogP contribution is -2.54. The van der Waals surface area contributed by atoms with Crippen LogP contribution in [-0.2, 0) is 31.0 Å². The minimum atomic E-state index is -5.25. The summed E-state index contributed by atoms with van der Waals surface area (Å²) < 4.78 is 121. The van der Waals surface area contributed by atoms with E-state index in [0.717, 1.165) is 18.2 Å². The van der Waals surface area contributed by atoms with E-state index in [4.69, 9.17) is 23.2 Å². The first kappa shape index (κ1) is 39.9. The predicted molar refractivity (Wildman–Crippen MR) is 177 cm³/mol. The Kier molecular flexibility index (Phi) is 10.9. The number of fused-ring (bicyclic) bond motifs is 1. The number of pyridine rings is 1. The van der Waals surface area contributed by atoms with Crippen LogP contribution in [0.3, 0.4) is 0 Å². The van der Waals surface area contributed by atoms with Crippen molar-refractivity contribution in [3.63, 3.8) is 0 Å². The molecule has 4 aromatic rings. The van der Waals surface area contributed by atoms with E-state index in [-0.39, 0.29) is 70.3 Å². The number of aliphatic hydroxyl groups is 1. The summed E-state index contributed by atoms with van der Waals surface area (Å²) in [5.74, 6) is -4.30. The largest absolute Gasteiger partial charge is 0.433 e. The van der Waals surface area contributed by atoms with Gasteiger partial charge in [0.25, 0.3) is 11.8 Å². The number of benzene rings is 2. The zero-order valence-corrected chi connectivity index (χ0v) is 29.1. The Labute approximate surface area is 305 Å². The number of anilines is 2. The Bertz CT molecular complexity index is 2040. The number of hydrogen-bond acceptors (Lipinski definition) is 6. The maximum Gasteiger partial charge on any atom is 0.433 e. The van der Waals surface area contributed by atoms with Crippen molar-refractivity contribution in [2.75, 3.05) is 23.3 Å². The second-order valence-corrected chi connectivity index (χ2v) is 13.3. The first-order valence-corrected chi connectivity index (χ1v) is 16.4. The van der Waals surface area contributed by atoms with Gasteiger partial charge in [-0.15, -0.1) is 0 Å². The van der Waals surface area contributed by atoms with Crippen molar-refractivity contribution in [1.29, 1.82) is 0 Å². The van der Waals surface area contributed by atoms with Crippen LogP contribution >= 0.6 is 23.2 Å². The number of imidazole rings is 1. The molecule has 3 heterocycles. The van der Waals surface area contributed by atoms with E-state index < -0.39 is 59.9 Å². The Morgan fingerprint density at radius 2 is 1.62 bits per heavy atom. The number of amides is 2. The summed E-state index contributed by atoms with van der Waals surface area (Å²) in [6.45, 7) is -0.384. The number of aromatic nitrogens is 3. The van der Waals surface area contributed by atoms with Crippen LogP contribution in [0.25, 0.3) is 11.0 Å². The van der Waals surface area contributed by atoms with E-state index in [1.54, 1.807) is 16.5 Å². The first-order valence-electron chi connectivity index (χ1n) is 15.7. The van der Waals surface area contributed by atoms with Crippen molar-refractivity contribution in [3.05, 3.63) is 80.7 Å². The zero-order valence-electron chi connectivity index (χ0n) is 27.6. The third-order valence-electron chi connectivity index (χ3n) is 8.95. The van der Waals surface area contributed by atoms with Gasteiger partial charge in [0.15, 0.2) is 0 Å². The molecule has 2 amide bonds. The Hall–Kier alpha value is -4.29. The molecule has 0 spiro atoms. The van der Waals surface area contributed by atoms with Crippen molar-refractivity contribution in [2.45, 2.75) is 56.9 Å². The van der Waals surface area contributed by atoms with E-state index >= 15 is 0 Å². The van der Waals surface area contributed by atoms with Crippen molar-refractivity contribution >= 4 is 57.6 Å². The van der Waals surface area contributed by atoms with E-state index in [0.29, 0.717) is 18.3 Å². The van der Waals surface area contributed by atoms with Crippen molar-refractivity contribution in [3.8, 4) is 0 Å². The van der Waals surface area contributed by atoms with Crippen LogP contribution in [0.2, 0.25) is 10.0 Å². The van der Waals surface area contributed by atoms with Gasteiger partial charge < -0.3 is 25.2 Å². The molecule has 0 bridgehead atoms. The lowest BCUT2D eigenvalue weighted by molar-refractivity contribution is -0.245. The molecule has 0 aliphatic carbocycles. The standard InChI is InChI=1S/C33H29Cl2F9N6O3/c1-30(53,33(42,43)44)29(52)45-15-16-6-7-20(34)18(27(16)35)13-26-46-21-12-19(28(51)48-25-5-3-4-24(47-25)32(39,40)41)22(14-23(21)49(26)2)50-10-8-17(9-11-50)31(36,37)38/h3-7,12,14,17,53H,8-11,13,15H2,1-2H3,(H,45,52)(H,47,48,51)/t30-/m1/s1. The number of alkyl halides is 9. The predicted octanol–water partition coefficient (Wildman–Crippen LogP) is 7.85. The van der Waals surface area contributed by atoms with Crippen LogP contribution in [0.4, 0.5) is 51.0 Å². The molecule has 1 aliphatic rings. The molecule has 0 saturated carbocycles. The van der Waals surface area contributed by atoms with Gasteiger partial charge in [0.2, 0.25) is 5.60 Å². The van der Waals surface area contributed by atoms with Crippen LogP contribution in [0, 0.1) is 5.92 Å². The Balaban J connectivity index is 1.49. The van der Waals surface area contributed by atoms with Crippen LogP contribution < -0.4 is 15.5 Å². The molecule has 3 N–H and O–H groups in total. The van der Waals surface area contributed by atoms with Crippen molar-refractivity contribution < 1.29 is 54.2 Å². The third kappa shape index (κ3) is 8.44. The van der Waals surface area contributed by atoms with Gasteiger partial charge in [-0.1, -0.05) is 35.3 Å². The summed E-state index contributed by atoms with van der Waals surface area (Å²) in [5, 5.41) is 14.1. The molecule has 1 fully saturated rings. The highest BCUT2D eigenvalue weighted by molar-refractivity contribution is 6.36. The molecule has 1 aliphatic heterocycles. The SMILES string of the molecule is Cn1c(Cc2c(Cl)ccc(CNC(=O)[C@@](C)(O)C(F)(F)F)c2Cl)nc2cc(C(=O)Nc3cccc(C(F)(F)F)n3)c(N3CCC(C(F)(F)F)CC3)cc21. The molecule has 53 heavy (non-hydrogen) atoms. The fourth-order valence-corrected chi connectivity index (χ4v) is 6.32. The fraction of sp³-hybridized carbons (Fsp3) is 0.394. The molecule has 286 valence electrons. The number of rotatable bonds is 8. The van der Waals surface area contributed by atoms with Crippen LogP contribution in [0.5, 0.6) is 0 Å². The molecule has 5 rings (SSSR count). The zero-order chi connectivity index (χ0) is 39.3. The number of aryl methyl sites for hydroxylation is 1. The highest BCUT2D eigenvalue weighted by Crippen LogP contribution is 2.38. The summed E-state index contributed by atoms with van der Waals surface area (Å²) >= 11 is 13.0. The molecule has 2 aromatic carbocycles. The monoisotopic (exact) mass is 798 g/mol. The van der Waals surface area contributed by atoms with E-state index in [1.165, 1.54) is 24.3 Å². The number of hydrogen-bond donors (Lipinski definition) is 3. The molecule has 1 saturated heterocycles. The molecular formula is C33H29Cl2F9N6O3. The van der Waals surface area contributed by atoms with Gasteiger partial charge in [0.05, 0.1) is 33.2 Å². The van der Waals surface area contributed by atoms with Gasteiger partial charge in [-0.05, 0) is 61.2 Å². The number of piperidine rings is 1. The summed E-state index contributed by atoms with van der Waals surface area (Å²) in [6, 6.07) is 8.53. The van der Waals surface area contributed by atoms with Gasteiger partial charge in [0, 0.05) is 38.1 Å². The molecular weight excluding hydrogens is 770 g/mol. The molecule has 0 unspecified atom stereocenters. The van der Waals surface area contributed by atoms with Gasteiger partial charge in [0.1, 0.15) is 17.3 Å². The summed E-state index contributed by atoms with van der Waals surface area (Å²) in [4.78, 5) is 35.4. The van der Waals surface area contributed by atoms with Gasteiger partial charge in [-0.25, -0.2) is 9.97 Å². The number of halogens is 11. The second kappa shape index (κ2) is 14.5. The average Bonchev–Trinajstić information content (AvgIpc) is 3.37. The van der Waals surface area contributed by atoms with Crippen molar-refractivity contribution in [2.24, 2.45) is 13.0 Å². The molecule has 0 radical (unpaired) electrons. The van der Waals surface area contributed by atoms with Crippen LogP contribution in [0.15, 0.2) is 42.5 Å². The highest BCUT2D eigenvalue weighted by atomic mass is 35.5. The van der Waals surface area contributed by atoms with Gasteiger partial charge in [-0.2, -0.15) is 39.5 Å². The summed E-state index contributed by atoms with van der Waals surface area (Å²) in [7, 11) is 1.60. The smallest absolute Gasteiger partial charge is 0.373 e. The minimum absolute atomic E-state index is 0.0293. The number of carbonyl (C=O) groups excluding carboxylic acids is 2. The quantitative estimate of drug-likeness (QED) is 0.157. The minimum Gasteiger partial charge on any atom is -0.373 e. The van der Waals surface area contributed by atoms with Gasteiger partial charge >= 0.3 is 18.5 Å². The Morgan fingerprint density at radius 1 is 0.962 bits per heavy atom. The summed E-state index contributed by atoms with van der Waals surface area (Å²) in [6.07, 6.45) is -15.1. The third-order valence-corrected chi connectivity index (χ3v) is 9.77. The maximum atomic E-state index is 13.6. The van der Waals surface area contributed by atoms with Crippen LogP contribution in [0.1, 0.15) is 52.8 Å². The lowest BCUT2D eigenvalue weighted by Gasteiger charge is -2.35. The van der Waals surface area contributed by atoms with E-state index in [9.17, 15) is 54.2 Å². The van der Waals surface area contributed by atoms with Crippen LogP contribution in [-0.4, -0.2) is 62.5 Å². The highest BCUT2D eigenvalue weighted by Gasteiger charge is 2.55. The topological polar surface area (TPSA) is 112 Å². The van der Waals surface area contributed by atoms with E-state index in [2.05, 4.69) is 15.3 Å². The fourth-order valence-electron chi connectivity index (χ4n) is 5.75. The molecule has 1 atom stereocenters. The summed E-state index contributed by atoms with van der Waals surface area (Å²) in [5.41, 5.74) is -3.81. The Morgan fingerprint density at radius 3 is 2.23 bits per heavy atom. The molecule has 2 aromatic heterocycles. The second-order valence-electron chi connectivity index (χ2n) is 12.5. The van der Waals surface area contributed by atoms with Crippen molar-refractivity contribution in [1.82, 2.24) is 19.9 Å². The first-order chi connectivity index (χ1) is 24.5. The average molecular weight is 800 g/mol. The van der Waals surface area contributed by atoms with Gasteiger partial charge in [-0.3, -0.25) is 9.59 Å². The number of carbonyl (C=O) groups is 2. The number of nitrogens with zero attached hydrogens (tertiary/aromatic N) is 4. The van der Waals surface area contributed by atoms with E-state index in [1.807, 2.05) is 5.32 Å².